The fourth-order valence-corrected chi connectivity index (χ4v) is 3.42. The highest BCUT2D eigenvalue weighted by Gasteiger charge is 2.42. The number of allylic oxidation sites excluding steroid dienone is 2. The quantitative estimate of drug-likeness (QED) is 0.451. The van der Waals surface area contributed by atoms with E-state index < -0.39 is 36.3 Å². The van der Waals surface area contributed by atoms with Gasteiger partial charge in [0.1, 0.15) is 5.92 Å². The number of esters is 3. The van der Waals surface area contributed by atoms with Gasteiger partial charge in [0.25, 0.3) is 5.91 Å². The molecule has 1 aliphatic rings. The molecule has 1 heterocycles. The number of rotatable bonds is 8. The molecule has 0 atom stereocenters. The molecule has 9 nitrogen and oxygen atoms in total. The standard InChI is InChI=1S/C24H30N2O7/c1-7-31-22(28)19-15(5)25-16(6)20(23(29)32-8-2)21(19)24(30)33-12-18(27)26-17-10-9-13(3)14(4)11-17/h9-11,21,25H,7-8,12H2,1-6H3,(H,26,27). The Balaban J connectivity index is 2.25. The number of dihydropyridines is 1. The molecule has 1 aromatic rings. The molecule has 2 N–H and O–H groups in total. The number of carbonyl (C=O) groups is 4. The maximum absolute atomic E-state index is 13.1. The molecule has 0 spiro atoms. The van der Waals surface area contributed by atoms with Crippen LogP contribution >= 0.6 is 0 Å². The van der Waals surface area contributed by atoms with Gasteiger partial charge in [0, 0.05) is 17.1 Å². The maximum atomic E-state index is 13.1. The minimum Gasteiger partial charge on any atom is -0.463 e. The lowest BCUT2D eigenvalue weighted by Crippen LogP contribution is -2.39. The van der Waals surface area contributed by atoms with Crippen molar-refractivity contribution in [1.29, 1.82) is 0 Å². The van der Waals surface area contributed by atoms with Crippen LogP contribution in [0.5, 0.6) is 0 Å². The Bertz CT molecular complexity index is 984. The van der Waals surface area contributed by atoms with E-state index in [1.807, 2.05) is 19.9 Å². The molecule has 0 saturated carbocycles. The number of aryl methyl sites for hydroxylation is 2. The van der Waals surface area contributed by atoms with Crippen LogP contribution < -0.4 is 10.6 Å². The van der Waals surface area contributed by atoms with Crippen molar-refractivity contribution in [1.82, 2.24) is 5.32 Å². The van der Waals surface area contributed by atoms with Gasteiger partial charge in [0.05, 0.1) is 24.4 Å². The fraction of sp³-hybridized carbons (Fsp3) is 0.417. The van der Waals surface area contributed by atoms with Crippen molar-refractivity contribution in [3.05, 3.63) is 51.9 Å². The molecule has 0 fully saturated rings. The predicted molar refractivity (Wildman–Crippen MR) is 121 cm³/mol. The van der Waals surface area contributed by atoms with Crippen LogP contribution in [-0.2, 0) is 33.4 Å². The summed E-state index contributed by atoms with van der Waals surface area (Å²) in [5.41, 5.74) is 3.20. The van der Waals surface area contributed by atoms with Crippen LogP contribution in [0.15, 0.2) is 40.7 Å². The van der Waals surface area contributed by atoms with Crippen molar-refractivity contribution < 1.29 is 33.4 Å². The summed E-state index contributed by atoms with van der Waals surface area (Å²) in [6, 6.07) is 5.41. The Labute approximate surface area is 193 Å². The third-order valence-electron chi connectivity index (χ3n) is 5.12. The van der Waals surface area contributed by atoms with Crippen LogP contribution in [0.4, 0.5) is 5.69 Å². The highest BCUT2D eigenvalue weighted by Crippen LogP contribution is 2.32. The van der Waals surface area contributed by atoms with Crippen LogP contribution in [0.1, 0.15) is 38.8 Å². The number of amides is 1. The molecule has 0 saturated heterocycles. The van der Waals surface area contributed by atoms with E-state index in [0.29, 0.717) is 17.1 Å². The van der Waals surface area contributed by atoms with E-state index in [4.69, 9.17) is 14.2 Å². The first kappa shape index (κ1) is 25.6. The lowest BCUT2D eigenvalue weighted by Gasteiger charge is -2.28. The second-order valence-corrected chi connectivity index (χ2v) is 7.53. The smallest absolute Gasteiger partial charge is 0.337 e. The van der Waals surface area contributed by atoms with Gasteiger partial charge in [-0.2, -0.15) is 0 Å². The normalized spacial score (nSPS) is 13.9. The summed E-state index contributed by atoms with van der Waals surface area (Å²) in [5, 5.41) is 5.58. The zero-order chi connectivity index (χ0) is 24.7. The Morgan fingerprint density at radius 1 is 0.848 bits per heavy atom. The highest BCUT2D eigenvalue weighted by atomic mass is 16.5. The minimum absolute atomic E-state index is 0.0647. The van der Waals surface area contributed by atoms with Crippen molar-refractivity contribution in [3.8, 4) is 0 Å². The Morgan fingerprint density at radius 3 is 1.88 bits per heavy atom. The molecule has 1 amide bonds. The molecule has 0 unspecified atom stereocenters. The van der Waals surface area contributed by atoms with Gasteiger partial charge in [-0.05, 0) is 64.8 Å². The monoisotopic (exact) mass is 458 g/mol. The van der Waals surface area contributed by atoms with Gasteiger partial charge < -0.3 is 24.8 Å². The van der Waals surface area contributed by atoms with Gasteiger partial charge in [0.15, 0.2) is 6.61 Å². The largest absolute Gasteiger partial charge is 0.463 e. The van der Waals surface area contributed by atoms with Gasteiger partial charge in [0.2, 0.25) is 0 Å². The number of hydrogen-bond acceptors (Lipinski definition) is 8. The average molecular weight is 459 g/mol. The van der Waals surface area contributed by atoms with E-state index >= 15 is 0 Å². The SMILES string of the molecule is CCOC(=O)C1=C(C)NC(C)=C(C(=O)OCC)C1C(=O)OCC(=O)Nc1ccc(C)c(C)c1. The number of benzene rings is 1. The molecule has 33 heavy (non-hydrogen) atoms. The summed E-state index contributed by atoms with van der Waals surface area (Å²) in [6.07, 6.45) is 0. The van der Waals surface area contributed by atoms with Crippen LogP contribution in [0.2, 0.25) is 0 Å². The third-order valence-corrected chi connectivity index (χ3v) is 5.12. The second-order valence-electron chi connectivity index (χ2n) is 7.53. The second kappa shape index (κ2) is 11.3. The summed E-state index contributed by atoms with van der Waals surface area (Å²) < 4.78 is 15.4. The molecule has 9 heteroatoms. The van der Waals surface area contributed by atoms with Gasteiger partial charge in [-0.1, -0.05) is 6.07 Å². The van der Waals surface area contributed by atoms with Crippen LogP contribution in [0, 0.1) is 19.8 Å². The van der Waals surface area contributed by atoms with Crippen molar-refractivity contribution in [3.63, 3.8) is 0 Å². The first-order valence-corrected chi connectivity index (χ1v) is 10.7. The van der Waals surface area contributed by atoms with E-state index in [1.54, 1.807) is 39.8 Å². The van der Waals surface area contributed by atoms with Gasteiger partial charge in [-0.25, -0.2) is 9.59 Å². The van der Waals surface area contributed by atoms with Gasteiger partial charge in [-0.3, -0.25) is 9.59 Å². The van der Waals surface area contributed by atoms with E-state index in [1.165, 1.54) is 0 Å². The topological polar surface area (TPSA) is 120 Å². The van der Waals surface area contributed by atoms with Gasteiger partial charge >= 0.3 is 17.9 Å². The summed E-state index contributed by atoms with van der Waals surface area (Å²) >= 11 is 0. The first-order chi connectivity index (χ1) is 15.6. The molecular weight excluding hydrogens is 428 g/mol. The zero-order valence-corrected chi connectivity index (χ0v) is 19.8. The fourth-order valence-electron chi connectivity index (χ4n) is 3.42. The van der Waals surface area contributed by atoms with Crippen molar-refractivity contribution >= 4 is 29.5 Å². The summed E-state index contributed by atoms with van der Waals surface area (Å²) in [4.78, 5) is 50.6. The van der Waals surface area contributed by atoms with Crippen LogP contribution in [-0.4, -0.2) is 43.6 Å². The van der Waals surface area contributed by atoms with Crippen molar-refractivity contribution in [2.45, 2.75) is 41.5 Å². The first-order valence-electron chi connectivity index (χ1n) is 10.7. The lowest BCUT2D eigenvalue weighted by atomic mass is 9.85. The number of nitrogens with one attached hydrogen (secondary N) is 2. The van der Waals surface area contributed by atoms with E-state index in [2.05, 4.69) is 10.6 Å². The summed E-state index contributed by atoms with van der Waals surface area (Å²) in [7, 11) is 0. The average Bonchev–Trinajstić information content (AvgIpc) is 2.74. The lowest BCUT2D eigenvalue weighted by molar-refractivity contribution is -0.153. The van der Waals surface area contributed by atoms with E-state index in [9.17, 15) is 19.2 Å². The van der Waals surface area contributed by atoms with Crippen molar-refractivity contribution in [2.75, 3.05) is 25.1 Å². The molecule has 0 aliphatic carbocycles. The molecule has 178 valence electrons. The molecule has 2 rings (SSSR count). The Morgan fingerprint density at radius 2 is 1.39 bits per heavy atom. The Kier molecular flexibility index (Phi) is 8.78. The van der Waals surface area contributed by atoms with E-state index in [0.717, 1.165) is 11.1 Å². The summed E-state index contributed by atoms with van der Waals surface area (Å²) in [5.74, 6) is -4.41. The number of ether oxygens (including phenoxy) is 3. The maximum Gasteiger partial charge on any atom is 0.337 e. The van der Waals surface area contributed by atoms with Crippen molar-refractivity contribution in [2.24, 2.45) is 5.92 Å². The third kappa shape index (κ3) is 6.21. The minimum atomic E-state index is -1.39. The molecular formula is C24H30N2O7. The van der Waals surface area contributed by atoms with Gasteiger partial charge in [-0.15, -0.1) is 0 Å². The van der Waals surface area contributed by atoms with Crippen LogP contribution in [0.25, 0.3) is 0 Å². The molecule has 0 bridgehead atoms. The Hall–Kier alpha value is -3.62. The van der Waals surface area contributed by atoms with Crippen LogP contribution in [0.3, 0.4) is 0 Å². The highest BCUT2D eigenvalue weighted by molar-refractivity contribution is 6.06. The molecule has 0 radical (unpaired) electrons. The van der Waals surface area contributed by atoms with E-state index in [-0.39, 0.29) is 24.4 Å². The zero-order valence-electron chi connectivity index (χ0n) is 19.8. The molecule has 0 aromatic heterocycles. The number of anilines is 1. The molecule has 1 aliphatic heterocycles. The number of hydrogen-bond donors (Lipinski definition) is 2. The predicted octanol–water partition coefficient (Wildman–Crippen LogP) is 2.68. The number of carbonyl (C=O) groups excluding carboxylic acids is 4. The summed E-state index contributed by atoms with van der Waals surface area (Å²) in [6.45, 7) is 9.85. The molecule has 1 aromatic carbocycles.